The van der Waals surface area contributed by atoms with E-state index >= 15 is 0 Å². The Morgan fingerprint density at radius 3 is 2.37 bits per heavy atom. The fourth-order valence-corrected chi connectivity index (χ4v) is 3.13. The van der Waals surface area contributed by atoms with E-state index in [1.165, 1.54) is 6.92 Å². The Morgan fingerprint density at radius 1 is 1.07 bits per heavy atom. The molecule has 2 N–H and O–H groups in total. The zero-order valence-electron chi connectivity index (χ0n) is 15.6. The molecule has 1 atom stereocenters. The summed E-state index contributed by atoms with van der Waals surface area (Å²) in [6, 6.07) is 2.67. The molecule has 1 amide bonds. The van der Waals surface area contributed by atoms with Crippen LogP contribution in [0, 0.1) is 20.8 Å². The van der Waals surface area contributed by atoms with Gasteiger partial charge in [-0.25, -0.2) is 4.79 Å². The number of amides is 1. The molecule has 7 nitrogen and oxygen atoms in total. The number of carbonyl (C=O) groups excluding carboxylic acids is 1. The Balaban J connectivity index is 1.95. The number of benzene rings is 1. The number of aryl methyl sites for hydroxylation is 3. The van der Waals surface area contributed by atoms with Crippen molar-refractivity contribution < 1.29 is 23.5 Å². The average Bonchev–Trinajstić information content (AvgIpc) is 2.86. The third-order valence-corrected chi connectivity index (χ3v) is 4.93. The van der Waals surface area contributed by atoms with Gasteiger partial charge in [0.05, 0.1) is 0 Å². The molecule has 3 aromatic rings. The van der Waals surface area contributed by atoms with Gasteiger partial charge < -0.3 is 19.3 Å². The molecule has 0 aliphatic carbocycles. The highest BCUT2D eigenvalue weighted by Gasteiger charge is 2.18. The molecule has 0 fully saturated rings. The monoisotopic (exact) mass is 371 g/mol. The zero-order chi connectivity index (χ0) is 19.9. The van der Waals surface area contributed by atoms with E-state index in [0.29, 0.717) is 16.7 Å². The van der Waals surface area contributed by atoms with Gasteiger partial charge in [0.25, 0.3) is 0 Å². The molecule has 0 aliphatic heterocycles. The molecule has 0 spiro atoms. The van der Waals surface area contributed by atoms with Gasteiger partial charge in [0.2, 0.25) is 5.91 Å². The van der Waals surface area contributed by atoms with E-state index in [-0.39, 0.29) is 12.8 Å². The number of aliphatic carboxylic acids is 1. The van der Waals surface area contributed by atoms with Crippen molar-refractivity contribution in [3.05, 3.63) is 45.0 Å². The molecule has 7 heteroatoms. The molecule has 1 aromatic carbocycles. The standard InChI is InChI=1S/C20H21NO6/c1-9-12(4)26-16-8-17-15(7-14(9)16)10(2)13(20(25)27-17)5-6-18(22)21-11(3)19(23)24/h7-8,11H,5-6H2,1-4H3,(H,21,22)(H,23,24)/t11-/m0/s1. The summed E-state index contributed by atoms with van der Waals surface area (Å²) in [5, 5.41) is 13.0. The van der Waals surface area contributed by atoms with Crippen LogP contribution in [0.5, 0.6) is 0 Å². The van der Waals surface area contributed by atoms with Gasteiger partial charge in [0.1, 0.15) is 23.0 Å². The van der Waals surface area contributed by atoms with Crippen LogP contribution in [0.25, 0.3) is 21.9 Å². The van der Waals surface area contributed by atoms with Gasteiger partial charge in [-0.15, -0.1) is 0 Å². The minimum absolute atomic E-state index is 0.000811. The summed E-state index contributed by atoms with van der Waals surface area (Å²) in [6.07, 6.45) is 0.171. The van der Waals surface area contributed by atoms with Crippen LogP contribution in [0.4, 0.5) is 0 Å². The number of furan rings is 1. The van der Waals surface area contributed by atoms with Crippen molar-refractivity contribution in [2.75, 3.05) is 0 Å². The Bertz CT molecular complexity index is 1120. The molecular weight excluding hydrogens is 350 g/mol. The van der Waals surface area contributed by atoms with Gasteiger partial charge in [-0.3, -0.25) is 9.59 Å². The number of fused-ring (bicyclic) bond motifs is 2. The topological polar surface area (TPSA) is 110 Å². The van der Waals surface area contributed by atoms with Crippen LogP contribution in [0.15, 0.2) is 25.8 Å². The molecule has 2 aromatic heterocycles. The maximum atomic E-state index is 12.4. The van der Waals surface area contributed by atoms with E-state index in [2.05, 4.69) is 5.32 Å². The van der Waals surface area contributed by atoms with Crippen molar-refractivity contribution in [3.8, 4) is 0 Å². The predicted molar refractivity (Wildman–Crippen MR) is 100 cm³/mol. The molecular formula is C20H21NO6. The molecule has 3 rings (SSSR count). The Hall–Kier alpha value is -3.09. The molecule has 0 saturated carbocycles. The van der Waals surface area contributed by atoms with E-state index in [0.717, 1.165) is 27.7 Å². The lowest BCUT2D eigenvalue weighted by molar-refractivity contribution is -0.141. The summed E-state index contributed by atoms with van der Waals surface area (Å²) >= 11 is 0. The van der Waals surface area contributed by atoms with E-state index in [4.69, 9.17) is 13.9 Å². The lowest BCUT2D eigenvalue weighted by Gasteiger charge is -2.10. The van der Waals surface area contributed by atoms with Gasteiger partial charge in [-0.1, -0.05) is 0 Å². The maximum absolute atomic E-state index is 12.4. The molecule has 0 bridgehead atoms. The summed E-state index contributed by atoms with van der Waals surface area (Å²) in [5.74, 6) is -0.732. The molecule has 142 valence electrons. The maximum Gasteiger partial charge on any atom is 0.339 e. The average molecular weight is 371 g/mol. The van der Waals surface area contributed by atoms with E-state index in [1.807, 2.05) is 26.8 Å². The fraction of sp³-hybridized carbons (Fsp3) is 0.350. The summed E-state index contributed by atoms with van der Waals surface area (Å²) < 4.78 is 11.1. The second-order valence-corrected chi connectivity index (χ2v) is 6.75. The van der Waals surface area contributed by atoms with Crippen molar-refractivity contribution in [1.82, 2.24) is 5.32 Å². The number of hydrogen-bond acceptors (Lipinski definition) is 5. The fourth-order valence-electron chi connectivity index (χ4n) is 3.13. The van der Waals surface area contributed by atoms with E-state index in [9.17, 15) is 14.4 Å². The third kappa shape index (κ3) is 3.45. The Morgan fingerprint density at radius 2 is 1.70 bits per heavy atom. The Kier molecular flexibility index (Phi) is 4.78. The van der Waals surface area contributed by atoms with E-state index in [1.54, 1.807) is 6.07 Å². The molecule has 0 radical (unpaired) electrons. The first-order valence-electron chi connectivity index (χ1n) is 8.67. The zero-order valence-corrected chi connectivity index (χ0v) is 15.6. The predicted octanol–water partition coefficient (Wildman–Crippen LogP) is 2.99. The summed E-state index contributed by atoms with van der Waals surface area (Å²) in [5.41, 5.74) is 2.79. The normalized spacial score (nSPS) is 12.4. The van der Waals surface area contributed by atoms with Crippen LogP contribution in [0.1, 0.15) is 35.8 Å². The SMILES string of the molecule is Cc1oc2cc3oc(=O)c(CCC(=O)N[C@@H](C)C(=O)O)c(C)c3cc2c1C. The summed E-state index contributed by atoms with van der Waals surface area (Å²) in [6.45, 7) is 7.05. The summed E-state index contributed by atoms with van der Waals surface area (Å²) in [7, 11) is 0. The minimum Gasteiger partial charge on any atom is -0.480 e. The largest absolute Gasteiger partial charge is 0.480 e. The van der Waals surface area contributed by atoms with Gasteiger partial charge in [0, 0.05) is 28.8 Å². The van der Waals surface area contributed by atoms with Crippen molar-refractivity contribution in [1.29, 1.82) is 0 Å². The number of hydrogen-bond donors (Lipinski definition) is 2. The summed E-state index contributed by atoms with van der Waals surface area (Å²) in [4.78, 5) is 35.1. The highest BCUT2D eigenvalue weighted by atomic mass is 16.4. The minimum atomic E-state index is -1.11. The second-order valence-electron chi connectivity index (χ2n) is 6.75. The highest BCUT2D eigenvalue weighted by Crippen LogP contribution is 2.31. The van der Waals surface area contributed by atoms with Crippen molar-refractivity contribution in [3.63, 3.8) is 0 Å². The highest BCUT2D eigenvalue weighted by molar-refractivity contribution is 5.96. The second kappa shape index (κ2) is 6.90. The number of carboxylic acids is 1. The van der Waals surface area contributed by atoms with Crippen LogP contribution >= 0.6 is 0 Å². The van der Waals surface area contributed by atoms with Crippen molar-refractivity contribution in [2.24, 2.45) is 0 Å². The van der Waals surface area contributed by atoms with Gasteiger partial charge >= 0.3 is 11.6 Å². The van der Waals surface area contributed by atoms with Crippen molar-refractivity contribution >= 4 is 33.8 Å². The number of rotatable bonds is 5. The van der Waals surface area contributed by atoms with Crippen molar-refractivity contribution in [2.45, 2.75) is 46.6 Å². The quantitative estimate of drug-likeness (QED) is 0.667. The molecule has 0 unspecified atom stereocenters. The molecule has 0 saturated heterocycles. The van der Waals surface area contributed by atoms with Gasteiger partial charge in [-0.05, 0) is 51.3 Å². The first-order valence-corrected chi connectivity index (χ1v) is 8.67. The Labute approximate surface area is 155 Å². The lowest BCUT2D eigenvalue weighted by Crippen LogP contribution is -2.38. The molecule has 2 heterocycles. The van der Waals surface area contributed by atoms with Crippen LogP contribution in [-0.2, 0) is 16.0 Å². The molecule has 0 aliphatic rings. The van der Waals surface area contributed by atoms with E-state index < -0.39 is 23.5 Å². The number of carboxylic acid groups (broad SMARTS) is 1. The smallest absolute Gasteiger partial charge is 0.339 e. The van der Waals surface area contributed by atoms with Gasteiger partial charge in [0.15, 0.2) is 0 Å². The number of carbonyl (C=O) groups is 2. The molecule has 27 heavy (non-hydrogen) atoms. The van der Waals surface area contributed by atoms with Crippen LogP contribution < -0.4 is 10.9 Å². The first-order chi connectivity index (χ1) is 12.7. The first kappa shape index (κ1) is 18.7. The lowest BCUT2D eigenvalue weighted by atomic mass is 10.0. The van der Waals surface area contributed by atoms with Crippen LogP contribution in [0.2, 0.25) is 0 Å². The number of nitrogens with one attached hydrogen (secondary N) is 1. The third-order valence-electron chi connectivity index (χ3n) is 4.93. The van der Waals surface area contributed by atoms with Gasteiger partial charge in [-0.2, -0.15) is 0 Å². The van der Waals surface area contributed by atoms with Crippen LogP contribution in [-0.4, -0.2) is 23.0 Å². The van der Waals surface area contributed by atoms with Crippen LogP contribution in [0.3, 0.4) is 0 Å².